The first-order chi connectivity index (χ1) is 10.5. The van der Waals surface area contributed by atoms with Crippen LogP contribution in [0.2, 0.25) is 0 Å². The molecule has 5 nitrogen and oxygen atoms in total. The summed E-state index contributed by atoms with van der Waals surface area (Å²) in [5.41, 5.74) is 0.596. The third-order valence-electron chi connectivity index (χ3n) is 3.79. The molecule has 1 atom stereocenters. The van der Waals surface area contributed by atoms with E-state index in [-0.39, 0.29) is 5.91 Å². The van der Waals surface area contributed by atoms with Crippen molar-refractivity contribution in [1.29, 1.82) is 0 Å². The second-order valence-electron chi connectivity index (χ2n) is 5.56. The number of nitrogens with one attached hydrogen (secondary N) is 1. The minimum atomic E-state index is -0.819. The lowest BCUT2D eigenvalue weighted by Crippen LogP contribution is -2.42. The molecule has 0 unspecified atom stereocenters. The van der Waals surface area contributed by atoms with Crippen molar-refractivity contribution in [1.82, 2.24) is 4.98 Å². The van der Waals surface area contributed by atoms with E-state index in [1.54, 1.807) is 13.2 Å². The van der Waals surface area contributed by atoms with Crippen LogP contribution in [0.15, 0.2) is 12.1 Å². The molecule has 0 fully saturated rings. The number of ether oxygens (including phenoxy) is 2. The van der Waals surface area contributed by atoms with Crippen LogP contribution in [0.4, 0.5) is 5.69 Å². The van der Waals surface area contributed by atoms with Crippen molar-refractivity contribution in [2.45, 2.75) is 59.0 Å². The fraction of sp³-hybridized carbons (Fsp3) is 0.647. The fourth-order valence-corrected chi connectivity index (χ4v) is 2.17. The number of anilines is 1. The van der Waals surface area contributed by atoms with Crippen LogP contribution in [0.3, 0.4) is 0 Å². The topological polar surface area (TPSA) is 60.5 Å². The molecule has 1 N–H and O–H groups in total. The van der Waals surface area contributed by atoms with Gasteiger partial charge in [-0.25, -0.2) is 4.98 Å². The maximum Gasteiger partial charge on any atom is 0.256 e. The van der Waals surface area contributed by atoms with Gasteiger partial charge in [0.15, 0.2) is 0 Å². The van der Waals surface area contributed by atoms with Crippen LogP contribution >= 0.6 is 0 Å². The molecule has 22 heavy (non-hydrogen) atoms. The summed E-state index contributed by atoms with van der Waals surface area (Å²) in [6.07, 6.45) is 3.88. The van der Waals surface area contributed by atoms with E-state index >= 15 is 0 Å². The highest BCUT2D eigenvalue weighted by Gasteiger charge is 2.32. The number of pyridine rings is 1. The predicted octanol–water partition coefficient (Wildman–Crippen LogP) is 3.71. The van der Waals surface area contributed by atoms with Crippen molar-refractivity contribution in [3.8, 4) is 5.88 Å². The summed E-state index contributed by atoms with van der Waals surface area (Å²) < 4.78 is 10.8. The lowest BCUT2D eigenvalue weighted by Gasteiger charge is -2.27. The van der Waals surface area contributed by atoms with Gasteiger partial charge in [-0.2, -0.15) is 0 Å². The highest BCUT2D eigenvalue weighted by molar-refractivity contribution is 5.97. The molecule has 1 heterocycles. The van der Waals surface area contributed by atoms with Crippen LogP contribution in [0.5, 0.6) is 5.88 Å². The Bertz CT molecular complexity index is 491. The number of aromatic nitrogens is 1. The van der Waals surface area contributed by atoms with Gasteiger partial charge >= 0.3 is 0 Å². The van der Waals surface area contributed by atoms with E-state index in [0.29, 0.717) is 24.6 Å². The largest absolute Gasteiger partial charge is 0.478 e. The molecule has 1 rings (SSSR count). The number of methoxy groups -OCH3 is 1. The Labute approximate surface area is 133 Å². The predicted molar refractivity (Wildman–Crippen MR) is 88.3 cm³/mol. The summed E-state index contributed by atoms with van der Waals surface area (Å²) in [6.45, 7) is 8.29. The number of hydrogen-bond donors (Lipinski definition) is 1. The van der Waals surface area contributed by atoms with Crippen LogP contribution < -0.4 is 10.1 Å². The first-order valence-corrected chi connectivity index (χ1v) is 7.93. The number of hydrogen-bond acceptors (Lipinski definition) is 4. The minimum absolute atomic E-state index is 0.139. The van der Waals surface area contributed by atoms with Crippen molar-refractivity contribution in [3.05, 3.63) is 17.8 Å². The van der Waals surface area contributed by atoms with Gasteiger partial charge in [-0.3, -0.25) is 4.79 Å². The molecule has 1 aromatic heterocycles. The molecule has 124 valence electrons. The molecule has 5 heteroatoms. The van der Waals surface area contributed by atoms with Gasteiger partial charge in [0.05, 0.1) is 18.0 Å². The van der Waals surface area contributed by atoms with Crippen molar-refractivity contribution in [3.63, 3.8) is 0 Å². The van der Waals surface area contributed by atoms with Crippen molar-refractivity contribution < 1.29 is 14.3 Å². The number of carbonyl (C=O) groups excluding carboxylic acids is 1. The summed E-state index contributed by atoms with van der Waals surface area (Å²) in [5, 5.41) is 2.92. The number of unbranched alkanes of at least 4 members (excludes halogenated alkanes) is 2. The van der Waals surface area contributed by atoms with Crippen LogP contribution in [0.25, 0.3) is 0 Å². The molecular weight excluding hydrogens is 280 g/mol. The summed E-state index contributed by atoms with van der Waals surface area (Å²) >= 11 is 0. The lowest BCUT2D eigenvalue weighted by molar-refractivity contribution is -0.136. The van der Waals surface area contributed by atoms with E-state index in [1.165, 1.54) is 0 Å². The van der Waals surface area contributed by atoms with E-state index in [2.05, 4.69) is 17.2 Å². The molecular formula is C17H28N2O3. The number of nitrogens with zero attached hydrogens (tertiary/aromatic N) is 1. The average molecular weight is 308 g/mol. The van der Waals surface area contributed by atoms with Gasteiger partial charge in [0.1, 0.15) is 5.60 Å². The highest BCUT2D eigenvalue weighted by Crippen LogP contribution is 2.23. The van der Waals surface area contributed by atoms with E-state index in [4.69, 9.17) is 9.47 Å². The first-order valence-electron chi connectivity index (χ1n) is 7.93. The maximum absolute atomic E-state index is 12.5. The molecule has 0 aliphatic rings. The first kappa shape index (κ1) is 18.4. The number of aryl methyl sites for hydroxylation is 1. The SMILES string of the molecule is CCCCC[C@](C)(OC)C(=O)Nc1ccc(OCC)nc1C. The third kappa shape index (κ3) is 4.98. The molecule has 0 bridgehead atoms. The molecule has 0 saturated carbocycles. The Morgan fingerprint density at radius 2 is 2.05 bits per heavy atom. The summed E-state index contributed by atoms with van der Waals surface area (Å²) in [6, 6.07) is 3.57. The zero-order valence-corrected chi connectivity index (χ0v) is 14.4. The Balaban J connectivity index is 2.77. The standard InChI is InChI=1S/C17H28N2O3/c1-6-8-9-12-17(4,21-5)16(20)19-14-10-11-15(22-7-2)18-13(14)3/h10-11H,6-9,12H2,1-5H3,(H,19,20)/t17-/m0/s1. The summed E-state index contributed by atoms with van der Waals surface area (Å²) in [5.74, 6) is 0.426. The normalized spacial score (nSPS) is 13.5. The molecule has 1 amide bonds. The van der Waals surface area contributed by atoms with Crippen molar-refractivity contribution in [2.75, 3.05) is 19.0 Å². The molecule has 0 saturated heterocycles. The molecule has 0 spiro atoms. The van der Waals surface area contributed by atoms with Gasteiger partial charge < -0.3 is 14.8 Å². The van der Waals surface area contributed by atoms with Crippen molar-refractivity contribution in [2.24, 2.45) is 0 Å². The maximum atomic E-state index is 12.5. The smallest absolute Gasteiger partial charge is 0.256 e. The Kier molecular flexibility index (Phi) is 7.32. The Morgan fingerprint density at radius 1 is 1.32 bits per heavy atom. The van der Waals surface area contributed by atoms with Crippen molar-refractivity contribution >= 4 is 11.6 Å². The molecule has 0 aromatic carbocycles. The monoisotopic (exact) mass is 308 g/mol. The lowest BCUT2D eigenvalue weighted by atomic mass is 9.97. The van der Waals surface area contributed by atoms with Crippen LogP contribution in [0.1, 0.15) is 52.1 Å². The van der Waals surface area contributed by atoms with Crippen LogP contribution in [-0.2, 0) is 9.53 Å². The Morgan fingerprint density at radius 3 is 2.59 bits per heavy atom. The van der Waals surface area contributed by atoms with Gasteiger partial charge in [-0.15, -0.1) is 0 Å². The van der Waals surface area contributed by atoms with E-state index < -0.39 is 5.60 Å². The molecule has 0 aliphatic carbocycles. The number of carbonyl (C=O) groups is 1. The number of rotatable bonds is 9. The average Bonchev–Trinajstić information content (AvgIpc) is 2.50. The molecule has 0 radical (unpaired) electrons. The summed E-state index contributed by atoms with van der Waals surface area (Å²) in [4.78, 5) is 16.8. The Hall–Kier alpha value is -1.62. The van der Waals surface area contributed by atoms with Crippen LogP contribution in [0, 0.1) is 6.92 Å². The fourth-order valence-electron chi connectivity index (χ4n) is 2.17. The van der Waals surface area contributed by atoms with E-state index in [9.17, 15) is 4.79 Å². The second kappa shape index (κ2) is 8.73. The molecule has 0 aliphatic heterocycles. The van der Waals surface area contributed by atoms with E-state index in [0.717, 1.165) is 25.0 Å². The van der Waals surface area contributed by atoms with Gasteiger partial charge in [0.25, 0.3) is 5.91 Å². The molecule has 1 aromatic rings. The van der Waals surface area contributed by atoms with Gasteiger partial charge in [-0.1, -0.05) is 26.2 Å². The third-order valence-corrected chi connectivity index (χ3v) is 3.79. The second-order valence-corrected chi connectivity index (χ2v) is 5.56. The summed E-state index contributed by atoms with van der Waals surface area (Å²) in [7, 11) is 1.58. The zero-order valence-electron chi connectivity index (χ0n) is 14.4. The quantitative estimate of drug-likeness (QED) is 0.706. The van der Waals surface area contributed by atoms with E-state index in [1.807, 2.05) is 26.8 Å². The highest BCUT2D eigenvalue weighted by atomic mass is 16.5. The van der Waals surface area contributed by atoms with Gasteiger partial charge in [0, 0.05) is 13.2 Å². The zero-order chi connectivity index (χ0) is 16.6. The van der Waals surface area contributed by atoms with Gasteiger partial charge in [0.2, 0.25) is 5.88 Å². The minimum Gasteiger partial charge on any atom is -0.478 e. The van der Waals surface area contributed by atoms with Crippen LogP contribution in [-0.4, -0.2) is 30.2 Å². The van der Waals surface area contributed by atoms with Gasteiger partial charge in [-0.05, 0) is 33.3 Å². The number of amides is 1.